The molecule has 0 aliphatic heterocycles. The van der Waals surface area contributed by atoms with Gasteiger partial charge in [0.25, 0.3) is 0 Å². The zero-order valence-electron chi connectivity index (χ0n) is 7.16. The Morgan fingerprint density at radius 3 is 2.92 bits per heavy atom. The molecule has 4 heteroatoms. The van der Waals surface area contributed by atoms with Crippen molar-refractivity contribution in [2.24, 2.45) is 5.92 Å². The number of hydrogen-bond donors (Lipinski definition) is 1. The van der Waals surface area contributed by atoms with Crippen LogP contribution in [0, 0.1) is 5.92 Å². The van der Waals surface area contributed by atoms with Crippen molar-refractivity contribution >= 4 is 17.7 Å². The lowest BCUT2D eigenvalue weighted by molar-refractivity contribution is -0.136. The van der Waals surface area contributed by atoms with Gasteiger partial charge in [-0.2, -0.15) is 0 Å². The van der Waals surface area contributed by atoms with Gasteiger partial charge in [-0.05, 0) is 25.7 Å². The third-order valence-corrected chi connectivity index (χ3v) is 2.80. The Bertz CT molecular complexity index is 156. The van der Waals surface area contributed by atoms with Crippen LogP contribution in [-0.2, 0) is 9.53 Å². The van der Waals surface area contributed by atoms with Crippen LogP contribution >= 0.6 is 11.8 Å². The van der Waals surface area contributed by atoms with Crippen molar-refractivity contribution in [3.63, 3.8) is 0 Å². The number of carbonyl (C=O) groups is 1. The van der Waals surface area contributed by atoms with Crippen LogP contribution in [0.4, 0.5) is 0 Å². The molecule has 0 heterocycles. The molecule has 0 radical (unpaired) electrons. The summed E-state index contributed by atoms with van der Waals surface area (Å²) in [6.07, 6.45) is 2.55. The van der Waals surface area contributed by atoms with E-state index in [0.717, 1.165) is 12.5 Å². The highest BCUT2D eigenvalue weighted by atomic mass is 32.2. The molecule has 0 spiro atoms. The van der Waals surface area contributed by atoms with Gasteiger partial charge in [-0.25, -0.2) is 0 Å². The smallest absolute Gasteiger partial charge is 0.316 e. The number of ether oxygens (including phenoxy) is 1. The average Bonchev–Trinajstić information content (AvgIpc) is 2.80. The molecule has 1 aliphatic carbocycles. The molecule has 70 valence electrons. The Morgan fingerprint density at radius 1 is 1.75 bits per heavy atom. The van der Waals surface area contributed by atoms with Crippen LogP contribution in [0.5, 0.6) is 0 Å². The third-order valence-electron chi connectivity index (χ3n) is 1.80. The fourth-order valence-corrected chi connectivity index (χ4v) is 1.26. The summed E-state index contributed by atoms with van der Waals surface area (Å²) >= 11 is 1.33. The second kappa shape index (κ2) is 4.72. The van der Waals surface area contributed by atoms with Crippen LogP contribution < -0.4 is 0 Å². The van der Waals surface area contributed by atoms with Crippen molar-refractivity contribution in [3.8, 4) is 0 Å². The summed E-state index contributed by atoms with van der Waals surface area (Å²) in [5, 5.41) is 8.17. The molecule has 0 aromatic carbocycles. The number of thioether (sulfide) groups is 1. The first-order valence-electron chi connectivity index (χ1n) is 4.12. The minimum atomic E-state index is -0.768. The summed E-state index contributed by atoms with van der Waals surface area (Å²) in [6, 6.07) is 0. The second-order valence-electron chi connectivity index (χ2n) is 3.08. The highest BCUT2D eigenvalue weighted by molar-refractivity contribution is 8.00. The maximum atomic E-state index is 10.4. The molecule has 1 unspecified atom stereocenters. The van der Waals surface area contributed by atoms with Crippen molar-refractivity contribution in [2.75, 3.05) is 12.5 Å². The molecule has 0 saturated heterocycles. The maximum absolute atomic E-state index is 10.4. The van der Waals surface area contributed by atoms with Gasteiger partial charge < -0.3 is 9.84 Å². The summed E-state index contributed by atoms with van der Waals surface area (Å²) in [5.41, 5.74) is 0. The maximum Gasteiger partial charge on any atom is 0.316 e. The van der Waals surface area contributed by atoms with Gasteiger partial charge in [-0.15, -0.1) is 11.8 Å². The predicted molar refractivity (Wildman–Crippen MR) is 48.2 cm³/mol. The molecule has 12 heavy (non-hydrogen) atoms. The number of carboxylic acid groups (broad SMARTS) is 1. The van der Waals surface area contributed by atoms with Gasteiger partial charge in [-0.3, -0.25) is 4.79 Å². The van der Waals surface area contributed by atoms with Crippen molar-refractivity contribution in [1.82, 2.24) is 0 Å². The van der Waals surface area contributed by atoms with Gasteiger partial charge >= 0.3 is 5.97 Å². The molecule has 0 aromatic heterocycles. The van der Waals surface area contributed by atoms with Crippen LogP contribution in [0.1, 0.15) is 19.8 Å². The molecule has 1 atom stereocenters. The summed E-state index contributed by atoms with van der Waals surface area (Å²) in [5.74, 6) is 0.491. The fourth-order valence-electron chi connectivity index (χ4n) is 0.721. The van der Waals surface area contributed by atoms with E-state index in [1.165, 1.54) is 24.6 Å². The van der Waals surface area contributed by atoms with E-state index in [4.69, 9.17) is 9.84 Å². The highest BCUT2D eigenvalue weighted by Crippen LogP contribution is 2.29. The number of carboxylic acids is 1. The summed E-state index contributed by atoms with van der Waals surface area (Å²) in [6.45, 7) is 2.48. The molecule has 1 N–H and O–H groups in total. The molecule has 1 saturated carbocycles. The van der Waals surface area contributed by atoms with E-state index in [0.29, 0.717) is 5.94 Å². The predicted octanol–water partition coefficient (Wildman–Crippen LogP) is 1.58. The number of hydrogen-bond acceptors (Lipinski definition) is 3. The average molecular weight is 190 g/mol. The Kier molecular flexibility index (Phi) is 3.88. The Hall–Kier alpha value is -0.220. The minimum absolute atomic E-state index is 0.357. The van der Waals surface area contributed by atoms with Crippen molar-refractivity contribution < 1.29 is 14.6 Å². The standard InChI is InChI=1S/C8H14O3S/c1-6(8(9)10)12-5-11-4-7-2-3-7/h6-7H,2-5H2,1H3,(H,9,10). The van der Waals surface area contributed by atoms with E-state index in [-0.39, 0.29) is 5.25 Å². The Balaban J connectivity index is 1.89. The van der Waals surface area contributed by atoms with E-state index in [1.807, 2.05) is 0 Å². The van der Waals surface area contributed by atoms with Crippen molar-refractivity contribution in [2.45, 2.75) is 25.0 Å². The van der Waals surface area contributed by atoms with Crippen LogP contribution in [0.3, 0.4) is 0 Å². The monoisotopic (exact) mass is 190 g/mol. The van der Waals surface area contributed by atoms with Crippen LogP contribution in [0.15, 0.2) is 0 Å². The quantitative estimate of drug-likeness (QED) is 0.510. The van der Waals surface area contributed by atoms with E-state index < -0.39 is 5.97 Å². The van der Waals surface area contributed by atoms with Crippen LogP contribution in [0.25, 0.3) is 0 Å². The molecule has 1 fully saturated rings. The van der Waals surface area contributed by atoms with Gasteiger partial charge in [-0.1, -0.05) is 0 Å². The first-order valence-corrected chi connectivity index (χ1v) is 5.17. The molecule has 0 aromatic rings. The summed E-state index contributed by atoms with van der Waals surface area (Å²) < 4.78 is 5.28. The fraction of sp³-hybridized carbons (Fsp3) is 0.875. The topological polar surface area (TPSA) is 46.5 Å². The van der Waals surface area contributed by atoms with Crippen LogP contribution in [0.2, 0.25) is 0 Å². The van der Waals surface area contributed by atoms with Gasteiger partial charge in [0.2, 0.25) is 0 Å². The first-order chi connectivity index (χ1) is 5.70. The van der Waals surface area contributed by atoms with Crippen molar-refractivity contribution in [3.05, 3.63) is 0 Å². The first kappa shape index (κ1) is 9.86. The van der Waals surface area contributed by atoms with E-state index in [9.17, 15) is 4.79 Å². The SMILES string of the molecule is CC(SCOCC1CC1)C(=O)O. The van der Waals surface area contributed by atoms with Gasteiger partial charge in [0, 0.05) is 0 Å². The second-order valence-corrected chi connectivity index (χ2v) is 4.36. The molecule has 0 bridgehead atoms. The molecule has 3 nitrogen and oxygen atoms in total. The highest BCUT2D eigenvalue weighted by Gasteiger charge is 2.21. The Morgan fingerprint density at radius 2 is 2.42 bits per heavy atom. The number of rotatable bonds is 6. The summed E-state index contributed by atoms with van der Waals surface area (Å²) in [4.78, 5) is 10.4. The molecular weight excluding hydrogens is 176 g/mol. The van der Waals surface area contributed by atoms with E-state index in [1.54, 1.807) is 6.92 Å². The molecule has 0 amide bonds. The zero-order chi connectivity index (χ0) is 8.97. The lowest BCUT2D eigenvalue weighted by Gasteiger charge is -2.05. The van der Waals surface area contributed by atoms with E-state index in [2.05, 4.69) is 0 Å². The lowest BCUT2D eigenvalue weighted by atomic mass is 10.5. The van der Waals surface area contributed by atoms with Crippen molar-refractivity contribution in [1.29, 1.82) is 0 Å². The summed E-state index contributed by atoms with van der Waals surface area (Å²) in [7, 11) is 0. The normalized spacial score (nSPS) is 19.1. The zero-order valence-corrected chi connectivity index (χ0v) is 7.97. The van der Waals surface area contributed by atoms with Crippen LogP contribution in [-0.4, -0.2) is 28.9 Å². The van der Waals surface area contributed by atoms with Gasteiger partial charge in [0.05, 0.1) is 12.5 Å². The molecule has 1 rings (SSSR count). The van der Waals surface area contributed by atoms with Gasteiger partial charge in [0.1, 0.15) is 5.25 Å². The largest absolute Gasteiger partial charge is 0.480 e. The molecule has 1 aliphatic rings. The Labute approximate surface area is 76.5 Å². The lowest BCUT2D eigenvalue weighted by Crippen LogP contribution is -2.13. The van der Waals surface area contributed by atoms with E-state index >= 15 is 0 Å². The molecular formula is C8H14O3S. The number of aliphatic carboxylic acids is 1. The minimum Gasteiger partial charge on any atom is -0.480 e. The third kappa shape index (κ3) is 3.97. The van der Waals surface area contributed by atoms with Gasteiger partial charge in [0.15, 0.2) is 0 Å².